The van der Waals surface area contributed by atoms with Crippen molar-refractivity contribution in [1.82, 2.24) is 15.0 Å². The molecule has 0 saturated heterocycles. The number of fused-ring (bicyclic) bond motifs is 3. The zero-order valence-electron chi connectivity index (χ0n) is 29.4. The van der Waals surface area contributed by atoms with E-state index >= 15 is 0 Å². The quantitative estimate of drug-likeness (QED) is 0.163. The summed E-state index contributed by atoms with van der Waals surface area (Å²) < 4.78 is 0. The molecule has 0 N–H and O–H groups in total. The molecule has 54 heavy (non-hydrogen) atoms. The second kappa shape index (κ2) is 13.4. The molecule has 0 fully saturated rings. The van der Waals surface area contributed by atoms with Crippen LogP contribution in [0.25, 0.3) is 99.6 Å². The Bertz CT molecular complexity index is 2890. The molecule has 10 rings (SSSR count). The molecule has 8 aromatic carbocycles. The Morgan fingerprint density at radius 3 is 1.11 bits per heavy atom. The molecule has 0 atom stereocenters. The SMILES string of the molecule is c1ccc(-c2cc3nc(-c4ccccc4)c(-c4ccc(-c5c6ccccc6c(-c6cccnc6)c6ccccc56)cc4)nc3cc2-c2ccccc2)cc1. The first-order chi connectivity index (χ1) is 26.8. The summed E-state index contributed by atoms with van der Waals surface area (Å²) in [5.74, 6) is 0. The predicted molar refractivity (Wildman–Crippen MR) is 225 cm³/mol. The van der Waals surface area contributed by atoms with Crippen molar-refractivity contribution >= 4 is 32.6 Å². The van der Waals surface area contributed by atoms with Crippen LogP contribution in [-0.4, -0.2) is 15.0 Å². The van der Waals surface area contributed by atoms with Crippen molar-refractivity contribution in [3.63, 3.8) is 0 Å². The molecular formula is C51H33N3. The summed E-state index contributed by atoms with van der Waals surface area (Å²) in [7, 11) is 0. The summed E-state index contributed by atoms with van der Waals surface area (Å²) in [5, 5.41) is 4.83. The number of aromatic nitrogens is 3. The number of rotatable bonds is 6. The van der Waals surface area contributed by atoms with Gasteiger partial charge in [0.05, 0.1) is 22.4 Å². The van der Waals surface area contributed by atoms with Crippen LogP contribution in [0.1, 0.15) is 0 Å². The van der Waals surface area contributed by atoms with Gasteiger partial charge in [0.2, 0.25) is 0 Å². The molecule has 0 aliphatic carbocycles. The predicted octanol–water partition coefficient (Wildman–Crippen LogP) is 13.3. The molecule has 10 aromatic rings. The largest absolute Gasteiger partial charge is 0.264 e. The first kappa shape index (κ1) is 31.5. The zero-order chi connectivity index (χ0) is 35.8. The number of benzene rings is 8. The summed E-state index contributed by atoms with van der Waals surface area (Å²) in [5.41, 5.74) is 14.7. The molecule has 0 amide bonds. The fourth-order valence-electron chi connectivity index (χ4n) is 7.87. The topological polar surface area (TPSA) is 38.7 Å². The molecule has 0 aliphatic rings. The van der Waals surface area contributed by atoms with Gasteiger partial charge in [0.1, 0.15) is 0 Å². The molecule has 252 valence electrons. The van der Waals surface area contributed by atoms with Crippen LogP contribution in [0.4, 0.5) is 0 Å². The zero-order valence-corrected chi connectivity index (χ0v) is 29.4. The highest BCUT2D eigenvalue weighted by molar-refractivity contribution is 6.21. The van der Waals surface area contributed by atoms with E-state index in [4.69, 9.17) is 9.97 Å². The van der Waals surface area contributed by atoms with Gasteiger partial charge in [0.25, 0.3) is 0 Å². The lowest BCUT2D eigenvalue weighted by Crippen LogP contribution is -1.97. The summed E-state index contributed by atoms with van der Waals surface area (Å²) in [6.45, 7) is 0. The summed E-state index contributed by atoms with van der Waals surface area (Å²) in [6.07, 6.45) is 3.79. The monoisotopic (exact) mass is 687 g/mol. The molecule has 2 heterocycles. The normalized spacial score (nSPS) is 11.3. The second-order valence-corrected chi connectivity index (χ2v) is 13.6. The van der Waals surface area contributed by atoms with Crippen LogP contribution in [0.3, 0.4) is 0 Å². The van der Waals surface area contributed by atoms with E-state index in [2.05, 4.69) is 181 Å². The highest BCUT2D eigenvalue weighted by atomic mass is 14.8. The van der Waals surface area contributed by atoms with Gasteiger partial charge in [-0.2, -0.15) is 0 Å². The van der Waals surface area contributed by atoms with Crippen LogP contribution in [0.2, 0.25) is 0 Å². The van der Waals surface area contributed by atoms with Crippen LogP contribution in [-0.2, 0) is 0 Å². The summed E-state index contributed by atoms with van der Waals surface area (Å²) in [6, 6.07) is 66.4. The van der Waals surface area contributed by atoms with Crippen LogP contribution in [0.5, 0.6) is 0 Å². The Labute approximate surface area is 313 Å². The Balaban J connectivity index is 1.17. The van der Waals surface area contributed by atoms with E-state index in [0.717, 1.165) is 66.9 Å². The fourth-order valence-corrected chi connectivity index (χ4v) is 7.87. The van der Waals surface area contributed by atoms with Crippen LogP contribution < -0.4 is 0 Å². The lowest BCUT2D eigenvalue weighted by Gasteiger charge is -2.18. The third-order valence-electron chi connectivity index (χ3n) is 10.3. The lowest BCUT2D eigenvalue weighted by atomic mass is 9.86. The van der Waals surface area contributed by atoms with E-state index in [1.165, 1.54) is 32.7 Å². The lowest BCUT2D eigenvalue weighted by molar-refractivity contribution is 1.29. The smallest absolute Gasteiger partial charge is 0.0973 e. The van der Waals surface area contributed by atoms with Gasteiger partial charge in [0, 0.05) is 29.1 Å². The van der Waals surface area contributed by atoms with Gasteiger partial charge in [-0.3, -0.25) is 4.98 Å². The molecule has 3 heteroatoms. The van der Waals surface area contributed by atoms with E-state index in [0.29, 0.717) is 0 Å². The number of hydrogen-bond donors (Lipinski definition) is 0. The maximum absolute atomic E-state index is 5.42. The summed E-state index contributed by atoms with van der Waals surface area (Å²) >= 11 is 0. The average Bonchev–Trinajstić information content (AvgIpc) is 3.26. The van der Waals surface area contributed by atoms with Crippen molar-refractivity contribution in [2.45, 2.75) is 0 Å². The van der Waals surface area contributed by atoms with Gasteiger partial charge in [-0.25, -0.2) is 9.97 Å². The van der Waals surface area contributed by atoms with Crippen LogP contribution >= 0.6 is 0 Å². The Hall–Kier alpha value is -7.23. The molecule has 0 bridgehead atoms. The number of pyridine rings is 1. The first-order valence-corrected chi connectivity index (χ1v) is 18.3. The van der Waals surface area contributed by atoms with Crippen molar-refractivity contribution in [2.24, 2.45) is 0 Å². The van der Waals surface area contributed by atoms with Crippen LogP contribution in [0.15, 0.2) is 200 Å². The van der Waals surface area contributed by atoms with E-state index in [-0.39, 0.29) is 0 Å². The third-order valence-corrected chi connectivity index (χ3v) is 10.3. The highest BCUT2D eigenvalue weighted by Crippen LogP contribution is 2.44. The molecule has 2 aromatic heterocycles. The fraction of sp³-hybridized carbons (Fsp3) is 0. The van der Waals surface area contributed by atoms with E-state index in [1.807, 2.05) is 24.5 Å². The molecule has 0 radical (unpaired) electrons. The molecule has 0 spiro atoms. The van der Waals surface area contributed by atoms with Crippen molar-refractivity contribution in [1.29, 1.82) is 0 Å². The van der Waals surface area contributed by atoms with Gasteiger partial charge < -0.3 is 0 Å². The van der Waals surface area contributed by atoms with Crippen LogP contribution in [0, 0.1) is 0 Å². The third kappa shape index (κ3) is 5.51. The van der Waals surface area contributed by atoms with Crippen molar-refractivity contribution in [3.8, 4) is 67.0 Å². The summed E-state index contributed by atoms with van der Waals surface area (Å²) in [4.78, 5) is 15.3. The van der Waals surface area contributed by atoms with Crippen molar-refractivity contribution in [2.75, 3.05) is 0 Å². The maximum atomic E-state index is 5.42. The maximum Gasteiger partial charge on any atom is 0.0973 e. The van der Waals surface area contributed by atoms with Gasteiger partial charge in [0.15, 0.2) is 0 Å². The van der Waals surface area contributed by atoms with E-state index < -0.39 is 0 Å². The Morgan fingerprint density at radius 1 is 0.296 bits per heavy atom. The van der Waals surface area contributed by atoms with E-state index in [9.17, 15) is 0 Å². The average molecular weight is 688 g/mol. The second-order valence-electron chi connectivity index (χ2n) is 13.6. The standard InChI is InChI=1S/C51H33N3/c1-4-15-34(16-5-1)44-31-46-47(32-45(44)35-17-6-2-7-18-35)54-51(50(53-46)37-19-8-3-9-20-37)38-28-26-36(27-29-38)48-40-22-10-12-24-42(40)49(39-21-14-30-52-33-39)43-25-13-11-23-41(43)48/h1-33H. The molecule has 0 saturated carbocycles. The highest BCUT2D eigenvalue weighted by Gasteiger charge is 2.19. The first-order valence-electron chi connectivity index (χ1n) is 18.3. The van der Waals surface area contributed by atoms with Gasteiger partial charge in [-0.1, -0.05) is 170 Å². The molecule has 0 aliphatic heterocycles. The Morgan fingerprint density at radius 2 is 0.667 bits per heavy atom. The number of nitrogens with zero attached hydrogens (tertiary/aromatic N) is 3. The Kier molecular flexibility index (Phi) is 7.81. The van der Waals surface area contributed by atoms with Gasteiger partial charge >= 0.3 is 0 Å². The van der Waals surface area contributed by atoms with Gasteiger partial charge in [-0.15, -0.1) is 0 Å². The minimum atomic E-state index is 0.855. The number of hydrogen-bond acceptors (Lipinski definition) is 3. The minimum absolute atomic E-state index is 0.855. The minimum Gasteiger partial charge on any atom is -0.264 e. The van der Waals surface area contributed by atoms with Crippen molar-refractivity contribution in [3.05, 3.63) is 200 Å². The van der Waals surface area contributed by atoms with E-state index in [1.54, 1.807) is 0 Å². The molecule has 0 unspecified atom stereocenters. The molecular weight excluding hydrogens is 655 g/mol. The van der Waals surface area contributed by atoms with Crippen molar-refractivity contribution < 1.29 is 0 Å². The molecule has 3 nitrogen and oxygen atoms in total. The van der Waals surface area contributed by atoms with Gasteiger partial charge in [-0.05, 0) is 78.7 Å².